The van der Waals surface area contributed by atoms with Gasteiger partial charge >= 0.3 is 6.01 Å². The van der Waals surface area contributed by atoms with E-state index in [2.05, 4.69) is 41.1 Å². The fourth-order valence-electron chi connectivity index (χ4n) is 5.10. The number of pyridine rings is 1. The van der Waals surface area contributed by atoms with Crippen molar-refractivity contribution in [2.75, 3.05) is 44.7 Å². The van der Waals surface area contributed by atoms with Gasteiger partial charge in [0.05, 0.1) is 10.6 Å². The van der Waals surface area contributed by atoms with Crippen LogP contribution in [0, 0.1) is 6.92 Å². The Hall–Kier alpha value is -2.66. The third-order valence-corrected chi connectivity index (χ3v) is 8.43. The van der Waals surface area contributed by atoms with Crippen molar-refractivity contribution in [1.82, 2.24) is 29.7 Å². The van der Waals surface area contributed by atoms with Crippen LogP contribution in [0.25, 0.3) is 10.6 Å². The first kappa shape index (κ1) is 24.7. The van der Waals surface area contributed by atoms with E-state index >= 15 is 0 Å². The van der Waals surface area contributed by atoms with E-state index in [4.69, 9.17) is 9.47 Å². The summed E-state index contributed by atoms with van der Waals surface area (Å²) in [5.74, 6) is 0.793. The third kappa shape index (κ3) is 6.26. The number of nitrogens with zero attached hydrogens (tertiary/aromatic N) is 6. The van der Waals surface area contributed by atoms with Crippen molar-refractivity contribution >= 4 is 22.3 Å². The lowest BCUT2D eigenvalue weighted by molar-refractivity contribution is 0.0126. The second kappa shape index (κ2) is 11.4. The zero-order chi connectivity index (χ0) is 25.0. The van der Waals surface area contributed by atoms with E-state index in [1.807, 2.05) is 31.5 Å². The molecule has 0 amide bonds. The molecule has 6 rings (SSSR count). The predicted molar refractivity (Wildman–Crippen MR) is 144 cm³/mol. The van der Waals surface area contributed by atoms with Crippen molar-refractivity contribution < 1.29 is 9.47 Å². The highest BCUT2D eigenvalue weighted by Gasteiger charge is 2.25. The van der Waals surface area contributed by atoms with E-state index < -0.39 is 0 Å². The molecule has 1 saturated carbocycles. The molecule has 0 radical (unpaired) electrons. The normalized spacial score (nSPS) is 20.0. The summed E-state index contributed by atoms with van der Waals surface area (Å²) in [6, 6.07) is 7.34. The van der Waals surface area contributed by atoms with E-state index in [9.17, 15) is 0 Å². The largest absolute Gasteiger partial charge is 0.460 e. The number of thiazole rings is 1. The fraction of sp³-hybridized carbons (Fsp3) is 0.556. The van der Waals surface area contributed by atoms with Crippen LogP contribution in [0.4, 0.5) is 10.9 Å². The van der Waals surface area contributed by atoms with Crippen LogP contribution >= 0.6 is 11.3 Å². The molecule has 1 N–H and O–H groups in total. The van der Waals surface area contributed by atoms with Crippen molar-refractivity contribution in [1.29, 1.82) is 0 Å². The quantitative estimate of drug-likeness (QED) is 0.467. The Bertz CT molecular complexity index is 1170. The predicted octanol–water partition coefficient (Wildman–Crippen LogP) is 4.28. The standard InChI is InChI=1S/C27H35N7O2S/c1-19-15-23(31-26(30-19)36-22-3-2-4-22)24-17-29-27(37-24)32-25-6-5-20(16-28-25)18-33-9-11-34(12-10-33)21-7-13-35-14-8-21/h5-6,15-17,21-22H,2-4,7-14,18H2,1H3,(H,28,29,32). The summed E-state index contributed by atoms with van der Waals surface area (Å²) in [6.07, 6.45) is 9.80. The number of hydrogen-bond acceptors (Lipinski definition) is 10. The molecule has 3 fully saturated rings. The average Bonchev–Trinajstić information content (AvgIpc) is 3.37. The summed E-state index contributed by atoms with van der Waals surface area (Å²) < 4.78 is 11.4. The molecule has 0 unspecified atom stereocenters. The summed E-state index contributed by atoms with van der Waals surface area (Å²) >= 11 is 1.55. The molecule has 196 valence electrons. The highest BCUT2D eigenvalue weighted by atomic mass is 32.1. The molecule has 2 saturated heterocycles. The molecule has 5 heterocycles. The SMILES string of the molecule is Cc1cc(-c2cnc(Nc3ccc(CN4CCN(C5CCOCC5)CC4)cn3)s2)nc(OC2CCC2)n1. The lowest BCUT2D eigenvalue weighted by atomic mass is 9.96. The Kier molecular flexibility index (Phi) is 7.59. The maximum absolute atomic E-state index is 5.92. The molecule has 0 atom stereocenters. The van der Waals surface area contributed by atoms with Gasteiger partial charge in [0.25, 0.3) is 0 Å². The van der Waals surface area contributed by atoms with Crippen molar-refractivity contribution in [2.45, 2.75) is 57.7 Å². The lowest BCUT2D eigenvalue weighted by Crippen LogP contribution is -2.51. The number of hydrogen-bond donors (Lipinski definition) is 1. The van der Waals surface area contributed by atoms with Gasteiger partial charge < -0.3 is 14.8 Å². The number of aromatic nitrogens is 4. The van der Waals surface area contributed by atoms with Crippen LogP contribution in [0.5, 0.6) is 6.01 Å². The van der Waals surface area contributed by atoms with Gasteiger partial charge in [-0.1, -0.05) is 17.4 Å². The van der Waals surface area contributed by atoms with Gasteiger partial charge in [-0.05, 0) is 56.7 Å². The molecule has 3 aromatic rings. The summed E-state index contributed by atoms with van der Waals surface area (Å²) in [7, 11) is 0. The second-order valence-corrected chi connectivity index (χ2v) is 11.2. The third-order valence-electron chi connectivity index (χ3n) is 7.50. The maximum Gasteiger partial charge on any atom is 0.317 e. The molecule has 0 aromatic carbocycles. The topological polar surface area (TPSA) is 88.5 Å². The second-order valence-electron chi connectivity index (χ2n) is 10.2. The van der Waals surface area contributed by atoms with Gasteiger partial charge in [0.15, 0.2) is 5.13 Å². The minimum Gasteiger partial charge on any atom is -0.460 e. The highest BCUT2D eigenvalue weighted by molar-refractivity contribution is 7.18. The van der Waals surface area contributed by atoms with Crippen LogP contribution < -0.4 is 10.1 Å². The zero-order valence-corrected chi connectivity index (χ0v) is 22.3. The minimum absolute atomic E-state index is 0.254. The minimum atomic E-state index is 0.254. The van der Waals surface area contributed by atoms with Crippen LogP contribution in [0.2, 0.25) is 0 Å². The van der Waals surface area contributed by atoms with Crippen molar-refractivity contribution in [3.63, 3.8) is 0 Å². The summed E-state index contributed by atoms with van der Waals surface area (Å²) in [5.41, 5.74) is 2.97. The highest BCUT2D eigenvalue weighted by Crippen LogP contribution is 2.31. The number of nitrogens with one attached hydrogen (secondary N) is 1. The zero-order valence-electron chi connectivity index (χ0n) is 21.4. The number of anilines is 2. The van der Waals surface area contributed by atoms with Crippen LogP contribution in [-0.4, -0.2) is 81.3 Å². The van der Waals surface area contributed by atoms with Crippen molar-refractivity contribution in [3.05, 3.63) is 41.9 Å². The lowest BCUT2D eigenvalue weighted by Gasteiger charge is -2.40. The smallest absolute Gasteiger partial charge is 0.317 e. The molecule has 0 spiro atoms. The molecule has 3 aromatic heterocycles. The Balaban J connectivity index is 1.02. The Morgan fingerprint density at radius 1 is 1.03 bits per heavy atom. The van der Waals surface area contributed by atoms with Crippen molar-refractivity contribution in [2.24, 2.45) is 0 Å². The van der Waals surface area contributed by atoms with Gasteiger partial charge in [0.1, 0.15) is 11.9 Å². The Morgan fingerprint density at radius 3 is 2.59 bits per heavy atom. The van der Waals surface area contributed by atoms with E-state index in [1.54, 1.807) is 11.3 Å². The van der Waals surface area contributed by atoms with E-state index in [-0.39, 0.29) is 6.10 Å². The van der Waals surface area contributed by atoms with E-state index in [1.165, 1.54) is 24.8 Å². The van der Waals surface area contributed by atoms with Gasteiger partial charge in [-0.25, -0.2) is 15.0 Å². The molecule has 10 heteroatoms. The van der Waals surface area contributed by atoms with Gasteiger partial charge in [-0.2, -0.15) is 4.98 Å². The molecule has 2 aliphatic heterocycles. The van der Waals surface area contributed by atoms with Gasteiger partial charge in [-0.15, -0.1) is 0 Å². The number of aryl methyl sites for hydroxylation is 1. The average molecular weight is 522 g/mol. The monoisotopic (exact) mass is 521 g/mol. The van der Waals surface area contributed by atoms with Crippen LogP contribution in [0.15, 0.2) is 30.6 Å². The molecule has 37 heavy (non-hydrogen) atoms. The van der Waals surface area contributed by atoms with Crippen LogP contribution in [0.1, 0.15) is 43.4 Å². The first-order chi connectivity index (χ1) is 18.2. The molecule has 9 nitrogen and oxygen atoms in total. The maximum atomic E-state index is 5.92. The molecule has 1 aliphatic carbocycles. The van der Waals surface area contributed by atoms with Crippen molar-refractivity contribution in [3.8, 4) is 16.6 Å². The summed E-state index contributed by atoms with van der Waals surface area (Å²) in [4.78, 5) is 24.4. The number of rotatable bonds is 8. The Morgan fingerprint density at radius 2 is 1.86 bits per heavy atom. The van der Waals surface area contributed by atoms with Crippen LogP contribution in [-0.2, 0) is 11.3 Å². The van der Waals surface area contributed by atoms with Crippen LogP contribution in [0.3, 0.4) is 0 Å². The Labute approximate surface area is 222 Å². The molecular formula is C27H35N7O2S. The van der Waals surface area contributed by atoms with Gasteiger partial charge in [-0.3, -0.25) is 9.80 Å². The molecule has 3 aliphatic rings. The van der Waals surface area contributed by atoms with E-state index in [0.29, 0.717) is 12.1 Å². The van der Waals surface area contributed by atoms with Gasteiger partial charge in [0, 0.05) is 70.1 Å². The molecular weight excluding hydrogens is 486 g/mol. The van der Waals surface area contributed by atoms with E-state index in [0.717, 1.165) is 86.0 Å². The summed E-state index contributed by atoms with van der Waals surface area (Å²) in [5, 5.41) is 4.13. The molecule has 0 bridgehead atoms. The fourth-order valence-corrected chi connectivity index (χ4v) is 5.89. The number of ether oxygens (including phenoxy) is 2. The first-order valence-electron chi connectivity index (χ1n) is 13.4. The van der Waals surface area contributed by atoms with Gasteiger partial charge in [0.2, 0.25) is 0 Å². The number of piperazine rings is 1. The summed E-state index contributed by atoms with van der Waals surface area (Å²) in [6.45, 7) is 9.23. The first-order valence-corrected chi connectivity index (χ1v) is 14.2.